The summed E-state index contributed by atoms with van der Waals surface area (Å²) >= 11 is 0. The number of aromatic nitrogens is 2. The van der Waals surface area contributed by atoms with Crippen LogP contribution < -0.4 is 15.4 Å². The molecular formula is C17H26IN5O2. The topological polar surface area (TPSA) is 84.6 Å². The molecule has 138 valence electrons. The van der Waals surface area contributed by atoms with E-state index in [-0.39, 0.29) is 29.4 Å². The molecule has 25 heavy (non-hydrogen) atoms. The molecular weight excluding hydrogens is 433 g/mol. The molecule has 0 bridgehead atoms. The Kier molecular flexibility index (Phi) is 8.14. The highest BCUT2D eigenvalue weighted by Crippen LogP contribution is 2.22. The number of hydrogen-bond donors (Lipinski definition) is 2. The van der Waals surface area contributed by atoms with E-state index in [0.29, 0.717) is 30.8 Å². The van der Waals surface area contributed by atoms with Crippen LogP contribution in [0.1, 0.15) is 38.0 Å². The van der Waals surface area contributed by atoms with Gasteiger partial charge < -0.3 is 19.8 Å². The summed E-state index contributed by atoms with van der Waals surface area (Å²) in [4.78, 5) is 12.7. The molecule has 2 rings (SSSR count). The average Bonchev–Trinajstić information content (AvgIpc) is 3.04. The minimum Gasteiger partial charge on any atom is -0.481 e. The van der Waals surface area contributed by atoms with Gasteiger partial charge in [-0.3, -0.25) is 4.99 Å². The van der Waals surface area contributed by atoms with Crippen LogP contribution in [0.25, 0.3) is 0 Å². The minimum atomic E-state index is -0.0535. The lowest BCUT2D eigenvalue weighted by Crippen LogP contribution is -2.36. The molecule has 0 aliphatic heterocycles. The molecule has 0 amide bonds. The summed E-state index contributed by atoms with van der Waals surface area (Å²) < 4.78 is 11.0. The fraction of sp³-hybridized carbons (Fsp3) is 0.471. The lowest BCUT2D eigenvalue weighted by molar-refractivity contribution is 0.379. The first kappa shape index (κ1) is 21.2. The molecule has 2 aromatic rings. The number of oxazole rings is 1. The van der Waals surface area contributed by atoms with E-state index < -0.39 is 0 Å². The molecule has 0 unspecified atom stereocenters. The molecule has 2 N–H and O–H groups in total. The third-order valence-electron chi connectivity index (χ3n) is 3.41. The summed E-state index contributed by atoms with van der Waals surface area (Å²) in [5, 5.41) is 6.40. The van der Waals surface area contributed by atoms with Crippen molar-refractivity contribution in [1.82, 2.24) is 20.6 Å². The molecule has 2 aromatic heterocycles. The normalized spacial score (nSPS) is 11.6. The second kappa shape index (κ2) is 9.59. The number of nitrogens with one attached hydrogen (secondary N) is 2. The van der Waals surface area contributed by atoms with Crippen LogP contribution in [0.15, 0.2) is 33.9 Å². The van der Waals surface area contributed by atoms with Crippen LogP contribution in [0.2, 0.25) is 0 Å². The number of hydrogen-bond acceptors (Lipinski definition) is 5. The van der Waals surface area contributed by atoms with E-state index in [2.05, 4.69) is 46.4 Å². The van der Waals surface area contributed by atoms with Gasteiger partial charge in [-0.1, -0.05) is 26.8 Å². The van der Waals surface area contributed by atoms with Gasteiger partial charge in [0.25, 0.3) is 0 Å². The van der Waals surface area contributed by atoms with Crippen molar-refractivity contribution in [2.75, 3.05) is 14.2 Å². The summed E-state index contributed by atoms with van der Waals surface area (Å²) in [6, 6.07) is 3.83. The van der Waals surface area contributed by atoms with E-state index in [0.717, 1.165) is 11.3 Å². The molecule has 0 spiro atoms. The van der Waals surface area contributed by atoms with Crippen LogP contribution in [0.3, 0.4) is 0 Å². The first-order valence-corrected chi connectivity index (χ1v) is 7.81. The van der Waals surface area contributed by atoms with Crippen molar-refractivity contribution in [2.24, 2.45) is 4.99 Å². The second-order valence-corrected chi connectivity index (χ2v) is 6.32. The lowest BCUT2D eigenvalue weighted by Gasteiger charge is -2.14. The van der Waals surface area contributed by atoms with Gasteiger partial charge in [-0.05, 0) is 6.07 Å². The Hall–Kier alpha value is -1.84. The lowest BCUT2D eigenvalue weighted by atomic mass is 9.94. The van der Waals surface area contributed by atoms with Crippen molar-refractivity contribution >= 4 is 29.9 Å². The van der Waals surface area contributed by atoms with Crippen molar-refractivity contribution in [3.05, 3.63) is 41.7 Å². The van der Waals surface area contributed by atoms with Gasteiger partial charge in [0.05, 0.1) is 19.9 Å². The zero-order valence-corrected chi connectivity index (χ0v) is 17.6. The maximum absolute atomic E-state index is 5.76. The zero-order chi connectivity index (χ0) is 17.6. The maximum Gasteiger partial charge on any atom is 0.218 e. The predicted octanol–water partition coefficient (Wildman–Crippen LogP) is 2.86. The molecule has 0 saturated carbocycles. The highest BCUT2D eigenvalue weighted by atomic mass is 127. The van der Waals surface area contributed by atoms with Crippen LogP contribution >= 0.6 is 24.0 Å². The number of halogens is 1. The van der Waals surface area contributed by atoms with Crippen LogP contribution in [-0.2, 0) is 18.5 Å². The smallest absolute Gasteiger partial charge is 0.218 e. The number of aliphatic imine (C=N–C) groups is 1. The third-order valence-corrected chi connectivity index (χ3v) is 3.41. The van der Waals surface area contributed by atoms with Crippen molar-refractivity contribution in [1.29, 1.82) is 0 Å². The molecule has 2 heterocycles. The Morgan fingerprint density at radius 2 is 1.96 bits per heavy atom. The van der Waals surface area contributed by atoms with Gasteiger partial charge in [0.1, 0.15) is 5.76 Å². The van der Waals surface area contributed by atoms with Crippen LogP contribution in [-0.4, -0.2) is 30.1 Å². The van der Waals surface area contributed by atoms with E-state index in [1.54, 1.807) is 26.6 Å². The zero-order valence-electron chi connectivity index (χ0n) is 15.3. The van der Waals surface area contributed by atoms with Crippen molar-refractivity contribution < 1.29 is 9.15 Å². The summed E-state index contributed by atoms with van der Waals surface area (Å²) in [6.45, 7) is 7.28. The molecule has 7 nitrogen and oxygen atoms in total. The van der Waals surface area contributed by atoms with Gasteiger partial charge in [0, 0.05) is 30.8 Å². The standard InChI is InChI=1S/C17H25N5O2.HI/c1-17(2,3)13-10-20-14(24-13)11-22-16(18-4)21-9-12-7-6-8-19-15(12)23-5;/h6-8,10H,9,11H2,1-5H3,(H2,18,21,22);1H. The molecule has 0 radical (unpaired) electrons. The van der Waals surface area contributed by atoms with Crippen LogP contribution in [0, 0.1) is 0 Å². The summed E-state index contributed by atoms with van der Waals surface area (Å²) in [6.07, 6.45) is 3.47. The highest BCUT2D eigenvalue weighted by molar-refractivity contribution is 14.0. The quantitative estimate of drug-likeness (QED) is 0.407. The van der Waals surface area contributed by atoms with E-state index in [1.165, 1.54) is 0 Å². The van der Waals surface area contributed by atoms with Gasteiger partial charge in [-0.15, -0.1) is 24.0 Å². The number of pyridine rings is 1. The monoisotopic (exact) mass is 459 g/mol. The number of ether oxygens (including phenoxy) is 1. The number of methoxy groups -OCH3 is 1. The Morgan fingerprint density at radius 3 is 2.56 bits per heavy atom. The third kappa shape index (κ3) is 6.18. The van der Waals surface area contributed by atoms with Gasteiger partial charge in [-0.25, -0.2) is 9.97 Å². The predicted molar refractivity (Wildman–Crippen MR) is 108 cm³/mol. The van der Waals surface area contributed by atoms with Crippen molar-refractivity contribution in [3.63, 3.8) is 0 Å². The Labute approximate surface area is 165 Å². The number of rotatable bonds is 5. The van der Waals surface area contributed by atoms with Gasteiger partial charge in [0.2, 0.25) is 11.8 Å². The summed E-state index contributed by atoms with van der Waals surface area (Å²) in [7, 11) is 3.32. The van der Waals surface area contributed by atoms with Gasteiger partial charge >= 0.3 is 0 Å². The average molecular weight is 459 g/mol. The first-order chi connectivity index (χ1) is 11.4. The summed E-state index contributed by atoms with van der Waals surface area (Å²) in [5.41, 5.74) is 0.899. The maximum atomic E-state index is 5.76. The Bertz CT molecular complexity index is 694. The van der Waals surface area contributed by atoms with Gasteiger partial charge in [-0.2, -0.15) is 0 Å². The fourth-order valence-electron chi connectivity index (χ4n) is 2.04. The Morgan fingerprint density at radius 1 is 1.24 bits per heavy atom. The summed E-state index contributed by atoms with van der Waals surface area (Å²) in [5.74, 6) is 2.74. The molecule has 0 saturated heterocycles. The molecule has 0 fully saturated rings. The molecule has 0 aliphatic carbocycles. The number of nitrogens with zero attached hydrogens (tertiary/aromatic N) is 3. The molecule has 0 aromatic carbocycles. The van der Waals surface area contributed by atoms with Gasteiger partial charge in [0.15, 0.2) is 5.96 Å². The first-order valence-electron chi connectivity index (χ1n) is 7.81. The van der Waals surface area contributed by atoms with Crippen molar-refractivity contribution in [3.8, 4) is 5.88 Å². The highest BCUT2D eigenvalue weighted by Gasteiger charge is 2.19. The fourth-order valence-corrected chi connectivity index (χ4v) is 2.04. The van der Waals surface area contributed by atoms with Crippen molar-refractivity contribution in [2.45, 2.75) is 39.3 Å². The largest absolute Gasteiger partial charge is 0.481 e. The van der Waals surface area contributed by atoms with Crippen LogP contribution in [0.5, 0.6) is 5.88 Å². The van der Waals surface area contributed by atoms with E-state index in [9.17, 15) is 0 Å². The SMILES string of the molecule is CN=C(NCc1ncc(C(C)(C)C)o1)NCc1cccnc1OC.I. The Balaban J connectivity index is 0.00000312. The van der Waals surface area contributed by atoms with E-state index in [4.69, 9.17) is 9.15 Å². The van der Waals surface area contributed by atoms with E-state index in [1.807, 2.05) is 12.1 Å². The molecule has 0 aliphatic rings. The molecule has 0 atom stereocenters. The minimum absolute atomic E-state index is 0. The number of guanidine groups is 1. The van der Waals surface area contributed by atoms with Crippen LogP contribution in [0.4, 0.5) is 0 Å². The molecule has 8 heteroatoms. The second-order valence-electron chi connectivity index (χ2n) is 6.32. The van der Waals surface area contributed by atoms with E-state index >= 15 is 0 Å².